The van der Waals surface area contributed by atoms with Crippen LogP contribution in [-0.4, -0.2) is 22.4 Å². The van der Waals surface area contributed by atoms with Gasteiger partial charge in [-0.3, -0.25) is 0 Å². The first-order chi connectivity index (χ1) is 9.04. The zero-order valence-electron chi connectivity index (χ0n) is 10.7. The Kier molecular flexibility index (Phi) is 5.29. The molecule has 0 aliphatic heterocycles. The van der Waals surface area contributed by atoms with E-state index in [1.807, 2.05) is 12.1 Å². The molecule has 0 bridgehead atoms. The molecule has 0 unspecified atom stereocenters. The molecule has 2 N–H and O–H groups in total. The Morgan fingerprint density at radius 1 is 1.11 bits per heavy atom. The van der Waals surface area contributed by atoms with E-state index in [-0.39, 0.29) is 6.61 Å². The molecule has 1 aromatic rings. The molecule has 0 heterocycles. The lowest BCUT2D eigenvalue weighted by Crippen LogP contribution is -2.38. The summed E-state index contributed by atoms with van der Waals surface area (Å²) in [5.41, 5.74) is 0.106. The summed E-state index contributed by atoms with van der Waals surface area (Å²) in [7, 11) is 0. The highest BCUT2D eigenvalue weighted by Crippen LogP contribution is 2.36. The molecule has 0 spiro atoms. The van der Waals surface area contributed by atoms with Crippen LogP contribution in [0.4, 0.5) is 0 Å². The van der Waals surface area contributed by atoms with Crippen molar-refractivity contribution in [3.05, 3.63) is 26.6 Å². The van der Waals surface area contributed by atoms with Gasteiger partial charge in [0.2, 0.25) is 0 Å². The lowest BCUT2D eigenvalue weighted by atomic mass is 9.85. The number of ether oxygens (including phenoxy) is 1. The largest absolute Gasteiger partial charge is 0.488 e. The number of halogens is 2. The van der Waals surface area contributed by atoms with E-state index >= 15 is 0 Å². The summed E-state index contributed by atoms with van der Waals surface area (Å²) in [6.07, 6.45) is 4.92. The maximum Gasteiger partial charge on any atom is 0.147 e. The minimum Gasteiger partial charge on any atom is -0.488 e. The van der Waals surface area contributed by atoms with Crippen LogP contribution in [0.15, 0.2) is 21.1 Å². The van der Waals surface area contributed by atoms with E-state index in [0.717, 1.165) is 40.2 Å². The number of rotatable bonds is 4. The van der Waals surface area contributed by atoms with Crippen LogP contribution in [0, 0.1) is 0 Å². The van der Waals surface area contributed by atoms with Crippen molar-refractivity contribution in [2.24, 2.45) is 0 Å². The van der Waals surface area contributed by atoms with Crippen LogP contribution in [0.1, 0.15) is 37.7 Å². The summed E-state index contributed by atoms with van der Waals surface area (Å²) in [6, 6.07) is 3.65. The van der Waals surface area contributed by atoms with E-state index in [1.54, 1.807) is 0 Å². The molecule has 1 aliphatic carbocycles. The molecule has 0 atom stereocenters. The highest BCUT2D eigenvalue weighted by atomic mass is 79.9. The van der Waals surface area contributed by atoms with E-state index in [9.17, 15) is 5.11 Å². The fourth-order valence-corrected chi connectivity index (χ4v) is 3.91. The van der Waals surface area contributed by atoms with Crippen molar-refractivity contribution >= 4 is 31.9 Å². The zero-order chi connectivity index (χ0) is 13.9. The molecule has 5 heteroatoms. The average Bonchev–Trinajstić information content (AvgIpc) is 2.38. The van der Waals surface area contributed by atoms with Crippen molar-refractivity contribution in [1.82, 2.24) is 0 Å². The van der Waals surface area contributed by atoms with Crippen LogP contribution in [-0.2, 0) is 6.61 Å². The van der Waals surface area contributed by atoms with E-state index in [1.165, 1.54) is 6.42 Å². The van der Waals surface area contributed by atoms with Crippen molar-refractivity contribution in [2.45, 2.75) is 44.3 Å². The summed E-state index contributed by atoms with van der Waals surface area (Å²) in [5, 5.41) is 19.5. The number of hydrogen-bond acceptors (Lipinski definition) is 3. The van der Waals surface area contributed by atoms with Gasteiger partial charge in [-0.1, -0.05) is 19.3 Å². The molecule has 3 nitrogen and oxygen atoms in total. The second kappa shape index (κ2) is 6.57. The lowest BCUT2D eigenvalue weighted by Gasteiger charge is -2.32. The summed E-state index contributed by atoms with van der Waals surface area (Å²) in [6.45, 7) is 0.296. The highest BCUT2D eigenvalue weighted by Gasteiger charge is 2.30. The van der Waals surface area contributed by atoms with Gasteiger partial charge in [-0.05, 0) is 62.4 Å². The third kappa shape index (κ3) is 3.94. The molecule has 1 fully saturated rings. The van der Waals surface area contributed by atoms with E-state index in [4.69, 9.17) is 9.84 Å². The summed E-state index contributed by atoms with van der Waals surface area (Å²) < 4.78 is 7.35. The number of benzene rings is 1. The van der Waals surface area contributed by atoms with Gasteiger partial charge in [0.05, 0.1) is 21.2 Å². The Morgan fingerprint density at radius 3 is 2.21 bits per heavy atom. The fourth-order valence-electron chi connectivity index (χ4n) is 2.40. The van der Waals surface area contributed by atoms with Gasteiger partial charge in [0.1, 0.15) is 12.4 Å². The van der Waals surface area contributed by atoms with Crippen molar-refractivity contribution < 1.29 is 14.9 Å². The monoisotopic (exact) mass is 392 g/mol. The maximum atomic E-state index is 10.4. The van der Waals surface area contributed by atoms with Gasteiger partial charge < -0.3 is 14.9 Å². The predicted octanol–water partition coefficient (Wildman–Crippen LogP) is 3.78. The number of aliphatic hydroxyl groups is 2. The quantitative estimate of drug-likeness (QED) is 0.818. The summed E-state index contributed by atoms with van der Waals surface area (Å²) in [5.74, 6) is 0.677. The first-order valence-electron chi connectivity index (χ1n) is 6.48. The predicted molar refractivity (Wildman–Crippen MR) is 81.3 cm³/mol. The van der Waals surface area contributed by atoms with Crippen molar-refractivity contribution in [3.63, 3.8) is 0 Å². The van der Waals surface area contributed by atoms with Gasteiger partial charge in [0.15, 0.2) is 0 Å². The molecule has 1 aromatic carbocycles. The number of hydrogen-bond donors (Lipinski definition) is 2. The van der Waals surface area contributed by atoms with Crippen molar-refractivity contribution in [3.8, 4) is 5.75 Å². The van der Waals surface area contributed by atoms with Gasteiger partial charge in [-0.15, -0.1) is 0 Å². The molecule has 0 amide bonds. The highest BCUT2D eigenvalue weighted by molar-refractivity contribution is 9.11. The zero-order valence-corrected chi connectivity index (χ0v) is 13.8. The molecular formula is C14H18Br2O3. The maximum absolute atomic E-state index is 10.4. The molecular weight excluding hydrogens is 376 g/mol. The molecule has 106 valence electrons. The minimum atomic E-state index is -0.702. The standard InChI is InChI=1S/C14H18Br2O3/c15-11-6-10(8-17)7-12(16)13(11)19-9-14(18)4-2-1-3-5-14/h6-7,17-18H,1-5,8-9H2. The SMILES string of the molecule is OCc1cc(Br)c(OCC2(O)CCCCC2)c(Br)c1. The molecule has 0 saturated heterocycles. The Balaban J connectivity index is 2.07. The second-order valence-corrected chi connectivity index (χ2v) is 6.83. The normalized spacial score (nSPS) is 18.3. The molecule has 1 saturated carbocycles. The third-order valence-corrected chi connectivity index (χ3v) is 4.69. The van der Waals surface area contributed by atoms with Crippen molar-refractivity contribution in [1.29, 1.82) is 0 Å². The Hall–Kier alpha value is -0.100. The molecule has 1 aliphatic rings. The molecule has 0 aromatic heterocycles. The van der Waals surface area contributed by atoms with Gasteiger partial charge >= 0.3 is 0 Å². The van der Waals surface area contributed by atoms with E-state index < -0.39 is 5.60 Å². The minimum absolute atomic E-state index is 0.0125. The topological polar surface area (TPSA) is 49.7 Å². The van der Waals surface area contributed by atoms with Crippen LogP contribution in [0.2, 0.25) is 0 Å². The van der Waals surface area contributed by atoms with E-state index in [2.05, 4.69) is 31.9 Å². The van der Waals surface area contributed by atoms with Gasteiger partial charge in [-0.25, -0.2) is 0 Å². The summed E-state index contributed by atoms with van der Waals surface area (Å²) >= 11 is 6.87. The van der Waals surface area contributed by atoms with Crippen LogP contribution in [0.5, 0.6) is 5.75 Å². The van der Waals surface area contributed by atoms with E-state index in [0.29, 0.717) is 12.4 Å². The smallest absolute Gasteiger partial charge is 0.147 e. The van der Waals surface area contributed by atoms with Crippen LogP contribution >= 0.6 is 31.9 Å². The Morgan fingerprint density at radius 2 is 1.68 bits per heavy atom. The lowest BCUT2D eigenvalue weighted by molar-refractivity contribution is -0.0342. The Labute approximate surface area is 130 Å². The third-order valence-electron chi connectivity index (χ3n) is 3.51. The average molecular weight is 394 g/mol. The second-order valence-electron chi connectivity index (χ2n) is 5.12. The molecule has 2 rings (SSSR count). The molecule has 0 radical (unpaired) electrons. The first-order valence-corrected chi connectivity index (χ1v) is 8.07. The van der Waals surface area contributed by atoms with Crippen LogP contribution in [0.25, 0.3) is 0 Å². The molecule has 19 heavy (non-hydrogen) atoms. The van der Waals surface area contributed by atoms with Crippen LogP contribution < -0.4 is 4.74 Å². The Bertz CT molecular complexity index is 419. The van der Waals surface area contributed by atoms with Crippen LogP contribution in [0.3, 0.4) is 0 Å². The van der Waals surface area contributed by atoms with Crippen molar-refractivity contribution in [2.75, 3.05) is 6.61 Å². The first kappa shape index (κ1) is 15.3. The summed E-state index contributed by atoms with van der Waals surface area (Å²) in [4.78, 5) is 0. The van der Waals surface area contributed by atoms with Gasteiger partial charge in [0, 0.05) is 0 Å². The van der Waals surface area contributed by atoms with Gasteiger partial charge in [-0.2, -0.15) is 0 Å². The number of aliphatic hydroxyl groups excluding tert-OH is 1. The fraction of sp³-hybridized carbons (Fsp3) is 0.571. The van der Waals surface area contributed by atoms with Gasteiger partial charge in [0.25, 0.3) is 0 Å².